The number of aromatic nitrogens is 5. The lowest BCUT2D eigenvalue weighted by Crippen LogP contribution is -2.34. The van der Waals surface area contributed by atoms with Gasteiger partial charge >= 0.3 is 0 Å². The number of pyridine rings is 1. The van der Waals surface area contributed by atoms with E-state index in [-0.39, 0.29) is 18.9 Å². The molecule has 0 unspecified atom stereocenters. The number of amides is 1. The van der Waals surface area contributed by atoms with E-state index in [1.54, 1.807) is 55.7 Å². The van der Waals surface area contributed by atoms with E-state index >= 15 is 0 Å². The van der Waals surface area contributed by atoms with Crippen LogP contribution in [0.5, 0.6) is 5.75 Å². The third-order valence-electron chi connectivity index (χ3n) is 6.60. The predicted octanol–water partition coefficient (Wildman–Crippen LogP) is 5.86. The van der Waals surface area contributed by atoms with Crippen LogP contribution in [0.1, 0.15) is 39.1 Å². The Balaban J connectivity index is 1.55. The maximum absolute atomic E-state index is 13.7. The zero-order valence-electron chi connectivity index (χ0n) is 24.4. The fraction of sp³-hybridized carbons (Fsp3) is 0.290. The number of fused-ring (bicyclic) bond motifs is 1. The van der Waals surface area contributed by atoms with Gasteiger partial charge in [-0.25, -0.2) is 0 Å². The monoisotopic (exact) mass is 602 g/mol. The molecule has 0 saturated heterocycles. The van der Waals surface area contributed by atoms with Crippen LogP contribution in [-0.4, -0.2) is 49.9 Å². The van der Waals surface area contributed by atoms with E-state index in [1.165, 1.54) is 23.9 Å². The normalized spacial score (nSPS) is 12.3. The highest BCUT2D eigenvalue weighted by Gasteiger charge is 2.26. The van der Waals surface area contributed by atoms with Crippen LogP contribution in [-0.2, 0) is 9.53 Å². The van der Waals surface area contributed by atoms with Gasteiger partial charge in [-0.3, -0.25) is 24.1 Å². The third-order valence-corrected chi connectivity index (χ3v) is 6.83. The first kappa shape index (κ1) is 29.9. The van der Waals surface area contributed by atoms with Gasteiger partial charge in [0.05, 0.1) is 29.9 Å². The summed E-state index contributed by atoms with van der Waals surface area (Å²) >= 11 is 6.36. The van der Waals surface area contributed by atoms with Crippen molar-refractivity contribution in [3.63, 3.8) is 0 Å². The Morgan fingerprint density at radius 3 is 2.51 bits per heavy atom. The SMILES string of the molecule is COc1cn([C@@H](CCOC(C)(C)C)C(=O)Nc2ccc3nccnc3c2)c(=O)cc1-c1cc(Cl)ccc1-c1nc(C)no1. The molecule has 5 rings (SSSR count). The number of nitrogens with zero attached hydrogens (tertiary/aromatic N) is 5. The number of ether oxygens (including phenoxy) is 2. The first-order chi connectivity index (χ1) is 20.5. The highest BCUT2D eigenvalue weighted by atomic mass is 35.5. The predicted molar refractivity (Wildman–Crippen MR) is 163 cm³/mol. The van der Waals surface area contributed by atoms with Gasteiger partial charge in [-0.1, -0.05) is 16.8 Å². The quantitative estimate of drug-likeness (QED) is 0.220. The molecule has 0 saturated carbocycles. The van der Waals surface area contributed by atoms with Crippen molar-refractivity contribution in [1.82, 2.24) is 24.7 Å². The molecule has 1 atom stereocenters. The van der Waals surface area contributed by atoms with Gasteiger partial charge in [0.1, 0.15) is 11.8 Å². The van der Waals surface area contributed by atoms with Gasteiger partial charge in [0.2, 0.25) is 5.91 Å². The van der Waals surface area contributed by atoms with Crippen molar-refractivity contribution in [2.75, 3.05) is 19.0 Å². The lowest BCUT2D eigenvalue weighted by molar-refractivity contribution is -0.120. The largest absolute Gasteiger partial charge is 0.495 e. The highest BCUT2D eigenvalue weighted by molar-refractivity contribution is 6.31. The van der Waals surface area contributed by atoms with E-state index in [0.717, 1.165) is 0 Å². The summed E-state index contributed by atoms with van der Waals surface area (Å²) in [6, 6.07) is 10.9. The van der Waals surface area contributed by atoms with Crippen LogP contribution < -0.4 is 15.6 Å². The Hall–Kier alpha value is -4.61. The van der Waals surface area contributed by atoms with E-state index in [1.807, 2.05) is 20.8 Å². The Morgan fingerprint density at radius 1 is 1.05 bits per heavy atom. The number of carbonyl (C=O) groups is 1. The van der Waals surface area contributed by atoms with Crippen LogP contribution in [0.25, 0.3) is 33.6 Å². The summed E-state index contributed by atoms with van der Waals surface area (Å²) in [5, 5.41) is 7.25. The summed E-state index contributed by atoms with van der Waals surface area (Å²) in [6.45, 7) is 7.72. The van der Waals surface area contributed by atoms with Crippen LogP contribution in [0.15, 0.2) is 70.4 Å². The number of aryl methyl sites for hydroxylation is 1. The van der Waals surface area contributed by atoms with Crippen molar-refractivity contribution in [2.24, 2.45) is 0 Å². The number of hydrogen-bond acceptors (Lipinski definition) is 9. The molecule has 0 spiro atoms. The van der Waals surface area contributed by atoms with E-state index in [4.69, 9.17) is 25.6 Å². The van der Waals surface area contributed by atoms with Crippen molar-refractivity contribution in [1.29, 1.82) is 0 Å². The first-order valence-corrected chi connectivity index (χ1v) is 14.0. The average molecular weight is 603 g/mol. The lowest BCUT2D eigenvalue weighted by Gasteiger charge is -2.24. The number of hydrogen-bond donors (Lipinski definition) is 1. The first-order valence-electron chi connectivity index (χ1n) is 13.6. The number of nitrogens with one attached hydrogen (secondary N) is 1. The second-order valence-corrected chi connectivity index (χ2v) is 11.3. The lowest BCUT2D eigenvalue weighted by atomic mass is 9.99. The molecule has 222 valence electrons. The summed E-state index contributed by atoms with van der Waals surface area (Å²) in [5.74, 6) is 0.674. The molecule has 12 heteroatoms. The summed E-state index contributed by atoms with van der Waals surface area (Å²) in [7, 11) is 1.49. The van der Waals surface area contributed by atoms with Gasteiger partial charge in [-0.05, 0) is 69.7 Å². The van der Waals surface area contributed by atoms with E-state index in [9.17, 15) is 9.59 Å². The van der Waals surface area contributed by atoms with Crippen molar-refractivity contribution in [2.45, 2.75) is 45.8 Å². The summed E-state index contributed by atoms with van der Waals surface area (Å²) in [6.07, 6.45) is 4.93. The molecule has 0 aliphatic heterocycles. The van der Waals surface area contributed by atoms with Crippen LogP contribution in [0.3, 0.4) is 0 Å². The summed E-state index contributed by atoms with van der Waals surface area (Å²) in [4.78, 5) is 40.4. The second-order valence-electron chi connectivity index (χ2n) is 10.9. The standard InChI is InChI=1S/C31H31ClN6O5/c1-18-35-30(43-37-18)21-8-6-19(32)14-22(21)23-16-28(39)38(17-27(23)41-5)26(10-13-42-31(2,3)4)29(40)36-20-7-9-24-25(15-20)34-12-11-33-24/h6-9,11-12,14-17,26H,10,13H2,1-5H3,(H,36,40)/t26-/m0/s1. The molecule has 0 radical (unpaired) electrons. The third kappa shape index (κ3) is 6.90. The Bertz CT molecular complexity index is 1850. The van der Waals surface area contributed by atoms with Gasteiger partial charge in [-0.15, -0.1) is 0 Å². The van der Waals surface area contributed by atoms with Gasteiger partial charge in [0, 0.05) is 53.3 Å². The minimum atomic E-state index is -0.923. The van der Waals surface area contributed by atoms with E-state index in [0.29, 0.717) is 50.0 Å². The van der Waals surface area contributed by atoms with Gasteiger partial charge in [-0.2, -0.15) is 4.98 Å². The maximum atomic E-state index is 13.7. The zero-order valence-corrected chi connectivity index (χ0v) is 25.2. The van der Waals surface area contributed by atoms with Crippen LogP contribution >= 0.6 is 11.6 Å². The zero-order chi connectivity index (χ0) is 30.7. The number of anilines is 1. The number of halogens is 1. The van der Waals surface area contributed by atoms with Gasteiger partial charge in [0.15, 0.2) is 5.82 Å². The smallest absolute Gasteiger partial charge is 0.258 e. The van der Waals surface area contributed by atoms with Crippen molar-refractivity contribution >= 4 is 34.2 Å². The second kappa shape index (κ2) is 12.3. The fourth-order valence-corrected chi connectivity index (χ4v) is 4.79. The molecule has 11 nitrogen and oxygen atoms in total. The molecule has 1 amide bonds. The molecule has 0 aliphatic carbocycles. The van der Waals surface area contributed by atoms with Gasteiger partial charge in [0.25, 0.3) is 11.4 Å². The molecule has 1 N–H and O–H groups in total. The maximum Gasteiger partial charge on any atom is 0.258 e. The molecule has 43 heavy (non-hydrogen) atoms. The Kier molecular flexibility index (Phi) is 8.56. The fourth-order valence-electron chi connectivity index (χ4n) is 4.62. The van der Waals surface area contributed by atoms with Crippen molar-refractivity contribution in [3.8, 4) is 28.3 Å². The average Bonchev–Trinajstić information content (AvgIpc) is 3.40. The van der Waals surface area contributed by atoms with Crippen LogP contribution in [0.4, 0.5) is 5.69 Å². The highest BCUT2D eigenvalue weighted by Crippen LogP contribution is 2.38. The van der Waals surface area contributed by atoms with Crippen molar-refractivity contribution < 1.29 is 18.8 Å². The minimum Gasteiger partial charge on any atom is -0.495 e. The molecule has 5 aromatic rings. The number of benzene rings is 2. The van der Waals surface area contributed by atoms with Gasteiger partial charge < -0.3 is 19.3 Å². The Labute approximate surface area is 252 Å². The summed E-state index contributed by atoms with van der Waals surface area (Å²) < 4.78 is 18.4. The Morgan fingerprint density at radius 2 is 1.81 bits per heavy atom. The molecular formula is C31H31ClN6O5. The number of carbonyl (C=O) groups excluding carboxylic acids is 1. The number of rotatable bonds is 9. The molecule has 0 bridgehead atoms. The van der Waals surface area contributed by atoms with Crippen LogP contribution in [0, 0.1) is 6.92 Å². The van der Waals surface area contributed by atoms with E-state index < -0.39 is 23.1 Å². The molecule has 0 aliphatic rings. The topological polar surface area (TPSA) is 134 Å². The minimum absolute atomic E-state index is 0.225. The molecule has 3 heterocycles. The van der Waals surface area contributed by atoms with Crippen LogP contribution in [0.2, 0.25) is 5.02 Å². The van der Waals surface area contributed by atoms with E-state index in [2.05, 4.69) is 25.4 Å². The number of methoxy groups -OCH3 is 1. The molecule has 2 aromatic carbocycles. The molecular weight excluding hydrogens is 572 g/mol. The molecule has 0 fully saturated rings. The summed E-state index contributed by atoms with van der Waals surface area (Å²) in [5.41, 5.74) is 2.59. The molecule has 3 aromatic heterocycles. The van der Waals surface area contributed by atoms with Crippen molar-refractivity contribution in [3.05, 3.63) is 82.3 Å².